The Bertz CT molecular complexity index is 2720. The summed E-state index contributed by atoms with van der Waals surface area (Å²) in [7, 11) is 1.42. The topological polar surface area (TPSA) is 26.3 Å². The van der Waals surface area contributed by atoms with Gasteiger partial charge >= 0.3 is 5.97 Å². The summed E-state index contributed by atoms with van der Waals surface area (Å²) < 4.78 is 4.98. The fourth-order valence-electron chi connectivity index (χ4n) is 9.10. The number of methoxy groups -OCH3 is 1. The van der Waals surface area contributed by atoms with Crippen molar-refractivity contribution in [3.63, 3.8) is 0 Å². The van der Waals surface area contributed by atoms with E-state index in [1.165, 1.54) is 90.0 Å². The first-order valence-electron chi connectivity index (χ1n) is 17.6. The molecule has 11 rings (SSSR count). The molecule has 8 aromatic rings. The number of esters is 1. The first-order valence-corrected chi connectivity index (χ1v) is 17.6. The second kappa shape index (κ2) is 10.9. The molecule has 242 valence electrons. The molecule has 3 aliphatic rings. The van der Waals surface area contributed by atoms with Gasteiger partial charge in [-0.1, -0.05) is 159 Å². The Kier molecular flexibility index (Phi) is 6.32. The van der Waals surface area contributed by atoms with Crippen molar-refractivity contribution in [3.8, 4) is 66.8 Å². The molecular formula is C49H34O2. The second-order valence-electron chi connectivity index (χ2n) is 14.3. The number of hydrogen-bond donors (Lipinski definition) is 0. The maximum atomic E-state index is 12.2. The molecule has 0 atom stereocenters. The largest absolute Gasteiger partial charge is 0.465 e. The van der Waals surface area contributed by atoms with E-state index in [9.17, 15) is 4.79 Å². The van der Waals surface area contributed by atoms with Crippen molar-refractivity contribution in [2.45, 2.75) is 19.3 Å². The average Bonchev–Trinajstić information content (AvgIpc) is 3.69. The van der Waals surface area contributed by atoms with Crippen LogP contribution in [0.5, 0.6) is 0 Å². The van der Waals surface area contributed by atoms with Crippen LogP contribution in [0.25, 0.3) is 88.3 Å². The van der Waals surface area contributed by atoms with Gasteiger partial charge in [0.05, 0.1) is 12.7 Å². The third kappa shape index (κ3) is 4.08. The van der Waals surface area contributed by atoms with E-state index in [4.69, 9.17) is 4.74 Å². The van der Waals surface area contributed by atoms with E-state index in [0.29, 0.717) is 5.56 Å². The number of ether oxygens (including phenoxy) is 1. The Morgan fingerprint density at radius 1 is 0.392 bits per heavy atom. The summed E-state index contributed by atoms with van der Waals surface area (Å²) in [5, 5.41) is 5.31. The molecule has 0 radical (unpaired) electrons. The van der Waals surface area contributed by atoms with Gasteiger partial charge in [-0.25, -0.2) is 4.79 Å². The lowest BCUT2D eigenvalue weighted by atomic mass is 9.68. The summed E-state index contributed by atoms with van der Waals surface area (Å²) in [6.07, 6.45) is 0. The van der Waals surface area contributed by atoms with Gasteiger partial charge in [0.1, 0.15) is 0 Å². The summed E-state index contributed by atoms with van der Waals surface area (Å²) in [5.41, 5.74) is 18.8. The number of carbonyl (C=O) groups is 1. The molecule has 51 heavy (non-hydrogen) atoms. The van der Waals surface area contributed by atoms with Gasteiger partial charge in [-0.15, -0.1) is 0 Å². The number of fused-ring (bicyclic) bond motifs is 8. The van der Waals surface area contributed by atoms with Crippen molar-refractivity contribution in [1.82, 2.24) is 0 Å². The Morgan fingerprint density at radius 3 is 1.47 bits per heavy atom. The third-order valence-electron chi connectivity index (χ3n) is 11.4. The van der Waals surface area contributed by atoms with Crippen molar-refractivity contribution >= 4 is 27.5 Å². The maximum Gasteiger partial charge on any atom is 0.338 e. The van der Waals surface area contributed by atoms with Crippen molar-refractivity contribution in [1.29, 1.82) is 0 Å². The molecule has 0 heterocycles. The zero-order valence-electron chi connectivity index (χ0n) is 28.8. The molecule has 0 bridgehead atoms. The zero-order valence-corrected chi connectivity index (χ0v) is 28.8. The van der Waals surface area contributed by atoms with Crippen LogP contribution in [-0.4, -0.2) is 13.1 Å². The Hall–Kier alpha value is -6.25. The Labute approximate surface area is 297 Å². The molecule has 8 aromatic carbocycles. The predicted octanol–water partition coefficient (Wildman–Crippen LogP) is 12.7. The van der Waals surface area contributed by atoms with Crippen LogP contribution in [0.2, 0.25) is 0 Å². The minimum Gasteiger partial charge on any atom is -0.465 e. The van der Waals surface area contributed by atoms with Gasteiger partial charge < -0.3 is 4.74 Å². The van der Waals surface area contributed by atoms with Crippen LogP contribution in [0.4, 0.5) is 0 Å². The minimum absolute atomic E-state index is 0.0233. The minimum atomic E-state index is -0.313. The molecule has 3 aliphatic carbocycles. The summed E-state index contributed by atoms with van der Waals surface area (Å²) in [6, 6.07) is 53.9. The van der Waals surface area contributed by atoms with Gasteiger partial charge in [-0.3, -0.25) is 0 Å². The van der Waals surface area contributed by atoms with Gasteiger partial charge in [-0.05, 0) is 105 Å². The number of carbonyl (C=O) groups excluding carboxylic acids is 1. The maximum absolute atomic E-state index is 12.2. The number of rotatable bonds is 2. The summed E-state index contributed by atoms with van der Waals surface area (Å²) in [4.78, 5) is 12.2. The second-order valence-corrected chi connectivity index (χ2v) is 14.3. The molecule has 0 unspecified atom stereocenters. The summed E-state index contributed by atoms with van der Waals surface area (Å²) >= 11 is 0. The first kappa shape index (κ1) is 29.6. The molecule has 0 N–H and O–H groups in total. The first-order chi connectivity index (χ1) is 25.0. The molecule has 2 nitrogen and oxygen atoms in total. The quantitative estimate of drug-likeness (QED) is 0.173. The molecule has 0 aliphatic heterocycles. The highest BCUT2D eigenvalue weighted by Gasteiger charge is 2.36. The van der Waals surface area contributed by atoms with Gasteiger partial charge in [-0.2, -0.15) is 0 Å². The van der Waals surface area contributed by atoms with E-state index >= 15 is 0 Å². The Balaban J connectivity index is 0.000000128. The molecular weight excluding hydrogens is 621 g/mol. The number of hydrogen-bond acceptors (Lipinski definition) is 2. The summed E-state index contributed by atoms with van der Waals surface area (Å²) in [6.45, 7) is 4.72. The molecule has 0 saturated heterocycles. The molecule has 0 amide bonds. The highest BCUT2D eigenvalue weighted by molar-refractivity contribution is 6.21. The van der Waals surface area contributed by atoms with Crippen molar-refractivity contribution in [3.05, 3.63) is 168 Å². The van der Waals surface area contributed by atoms with Gasteiger partial charge in [0.2, 0.25) is 0 Å². The van der Waals surface area contributed by atoms with Crippen LogP contribution in [0.15, 0.2) is 152 Å². The highest BCUT2D eigenvalue weighted by Crippen LogP contribution is 2.56. The van der Waals surface area contributed by atoms with Crippen molar-refractivity contribution < 1.29 is 9.53 Å². The van der Waals surface area contributed by atoms with E-state index in [-0.39, 0.29) is 11.4 Å². The van der Waals surface area contributed by atoms with Crippen LogP contribution >= 0.6 is 0 Å². The van der Waals surface area contributed by atoms with Crippen LogP contribution in [0, 0.1) is 0 Å². The van der Waals surface area contributed by atoms with E-state index < -0.39 is 0 Å². The lowest BCUT2D eigenvalue weighted by molar-refractivity contribution is 0.0601. The fourth-order valence-corrected chi connectivity index (χ4v) is 9.10. The van der Waals surface area contributed by atoms with Gasteiger partial charge in [0.25, 0.3) is 0 Å². The SMILES string of the molecule is CC1(C)c2ccccc2-c2ccc3c4c(ccc1c24)-c1ccccc1-3.COC(=O)c1ccccc1-c1ccc2c3c(cccc13)-c1ccccc1-2. The highest BCUT2D eigenvalue weighted by atomic mass is 16.5. The van der Waals surface area contributed by atoms with Crippen molar-refractivity contribution in [2.24, 2.45) is 0 Å². The standard InChI is InChI=1S/C25H18.C24H16O2/c1-25(2)21-10-6-5-9-17(21)20-12-11-18-15-7-3-4-8-16(15)19-13-14-22(25)24(20)23(18)19;1-26-24(25)22-10-5-4-9-17(22)18-13-14-21-16-8-3-2-7-15(16)19-11-6-12-20(18)23(19)21/h3-14H,1-2H3;2-14H,1H3. The monoisotopic (exact) mass is 654 g/mol. The van der Waals surface area contributed by atoms with E-state index in [1.54, 1.807) is 0 Å². The molecule has 0 saturated carbocycles. The van der Waals surface area contributed by atoms with E-state index in [2.05, 4.69) is 141 Å². The molecule has 0 spiro atoms. The lowest BCUT2D eigenvalue weighted by Gasteiger charge is -2.35. The van der Waals surface area contributed by atoms with Crippen LogP contribution < -0.4 is 0 Å². The van der Waals surface area contributed by atoms with Gasteiger partial charge in [0, 0.05) is 5.41 Å². The Morgan fingerprint density at radius 2 is 0.843 bits per heavy atom. The van der Waals surface area contributed by atoms with Crippen molar-refractivity contribution in [2.75, 3.05) is 7.11 Å². The lowest BCUT2D eigenvalue weighted by Crippen LogP contribution is -2.23. The molecule has 0 fully saturated rings. The van der Waals surface area contributed by atoms with E-state index in [1.807, 2.05) is 24.3 Å². The van der Waals surface area contributed by atoms with E-state index in [0.717, 1.165) is 16.5 Å². The van der Waals surface area contributed by atoms with Gasteiger partial charge in [0.15, 0.2) is 0 Å². The zero-order chi connectivity index (χ0) is 34.4. The van der Waals surface area contributed by atoms with Crippen LogP contribution in [0.3, 0.4) is 0 Å². The normalized spacial score (nSPS) is 13.2. The number of benzene rings is 8. The third-order valence-corrected chi connectivity index (χ3v) is 11.4. The smallest absolute Gasteiger partial charge is 0.338 e. The molecule has 2 heteroatoms. The fraction of sp³-hybridized carbons (Fsp3) is 0.0816. The average molecular weight is 655 g/mol. The predicted molar refractivity (Wildman–Crippen MR) is 211 cm³/mol. The summed E-state index contributed by atoms with van der Waals surface area (Å²) in [5.74, 6) is -0.313. The molecule has 0 aromatic heterocycles. The van der Waals surface area contributed by atoms with Crippen LogP contribution in [-0.2, 0) is 10.2 Å². The van der Waals surface area contributed by atoms with Crippen LogP contribution in [0.1, 0.15) is 35.3 Å².